The molecule has 0 saturated carbocycles. The maximum Gasteiger partial charge on any atom is 0.317 e. The van der Waals surface area contributed by atoms with Gasteiger partial charge in [-0.3, -0.25) is 9.78 Å². The fourth-order valence-corrected chi connectivity index (χ4v) is 5.45. The molecule has 0 bridgehead atoms. The van der Waals surface area contributed by atoms with E-state index >= 15 is 0 Å². The lowest BCUT2D eigenvalue weighted by Crippen LogP contribution is -2.51. The van der Waals surface area contributed by atoms with E-state index in [2.05, 4.69) is 39.0 Å². The smallest absolute Gasteiger partial charge is 0.317 e. The summed E-state index contributed by atoms with van der Waals surface area (Å²) in [5.41, 5.74) is 9.83. The maximum atomic E-state index is 12.7. The van der Waals surface area contributed by atoms with Crippen LogP contribution in [0, 0.1) is 13.8 Å². The molecule has 3 rings (SSSR count). The lowest BCUT2D eigenvalue weighted by molar-refractivity contribution is 0.0948. The van der Waals surface area contributed by atoms with Crippen molar-refractivity contribution in [2.75, 3.05) is 19.6 Å². The number of piperidine rings is 1. The highest BCUT2D eigenvalue weighted by Crippen LogP contribution is 2.23. The molecule has 2 aromatic heterocycles. The lowest BCUT2D eigenvalue weighted by atomic mass is 9.99. The van der Waals surface area contributed by atoms with E-state index in [1.807, 2.05) is 31.7 Å². The minimum Gasteiger partial charge on any atom is -0.366 e. The Labute approximate surface area is 201 Å². The first kappa shape index (κ1) is 25.2. The Morgan fingerprint density at radius 2 is 2.06 bits per heavy atom. The summed E-state index contributed by atoms with van der Waals surface area (Å²) in [7, 11) is 0. The molecule has 1 aliphatic heterocycles. The van der Waals surface area contributed by atoms with E-state index in [-0.39, 0.29) is 12.1 Å². The topological polar surface area (TPSA) is 91.6 Å². The molecule has 1 aliphatic rings. The number of carbonyl (C=O) groups is 2. The van der Waals surface area contributed by atoms with Crippen LogP contribution in [0.1, 0.15) is 66.0 Å². The Balaban J connectivity index is 1.55. The third-order valence-electron chi connectivity index (χ3n) is 6.60. The highest BCUT2D eigenvalue weighted by molar-refractivity contribution is 7.07. The number of thiophene rings is 1. The number of aryl methyl sites for hydroxylation is 3. The molecule has 7 nitrogen and oxygen atoms in total. The first-order chi connectivity index (χ1) is 15.8. The van der Waals surface area contributed by atoms with Crippen molar-refractivity contribution in [1.29, 1.82) is 0 Å². The molecule has 0 aromatic carbocycles. The number of rotatable bonds is 9. The van der Waals surface area contributed by atoms with Crippen molar-refractivity contribution in [1.82, 2.24) is 20.1 Å². The highest BCUT2D eigenvalue weighted by atomic mass is 32.1. The molecule has 2 aromatic rings. The lowest BCUT2D eigenvalue weighted by Gasteiger charge is -2.40. The predicted octanol–water partition coefficient (Wildman–Crippen LogP) is 3.88. The number of carbonyl (C=O) groups excluding carboxylic acids is 2. The Kier molecular flexibility index (Phi) is 8.86. The molecule has 0 radical (unpaired) electrons. The molecule has 1 fully saturated rings. The van der Waals surface area contributed by atoms with Crippen molar-refractivity contribution in [3.63, 3.8) is 0 Å². The fourth-order valence-electron chi connectivity index (χ4n) is 4.79. The second-order valence-electron chi connectivity index (χ2n) is 9.00. The molecule has 0 unspecified atom stereocenters. The van der Waals surface area contributed by atoms with E-state index in [0.717, 1.165) is 50.0 Å². The van der Waals surface area contributed by atoms with Crippen molar-refractivity contribution in [2.45, 2.75) is 72.0 Å². The third kappa shape index (κ3) is 6.54. The number of nitrogens with one attached hydrogen (secondary N) is 1. The molecular formula is C25H37N5O2S. The van der Waals surface area contributed by atoms with Gasteiger partial charge in [0.25, 0.3) is 5.91 Å². The summed E-state index contributed by atoms with van der Waals surface area (Å²) in [6.45, 7) is 11.3. The monoisotopic (exact) mass is 471 g/mol. The van der Waals surface area contributed by atoms with Gasteiger partial charge in [-0.1, -0.05) is 0 Å². The minimum atomic E-state index is -0.416. The number of likely N-dealkylation sites (tertiary alicyclic amines) is 1. The van der Waals surface area contributed by atoms with Gasteiger partial charge in [-0.25, -0.2) is 4.79 Å². The van der Waals surface area contributed by atoms with Crippen LogP contribution in [-0.2, 0) is 13.0 Å². The van der Waals surface area contributed by atoms with Crippen LogP contribution in [0.5, 0.6) is 0 Å². The third-order valence-corrected chi connectivity index (χ3v) is 7.33. The quantitative estimate of drug-likeness (QED) is 0.581. The number of urea groups is 1. The van der Waals surface area contributed by atoms with E-state index < -0.39 is 5.91 Å². The van der Waals surface area contributed by atoms with Crippen molar-refractivity contribution >= 4 is 23.3 Å². The number of nitrogens with two attached hydrogens (primary N) is 1. The van der Waals surface area contributed by atoms with Crippen molar-refractivity contribution < 1.29 is 9.59 Å². The second kappa shape index (κ2) is 11.6. The van der Waals surface area contributed by atoms with E-state index in [9.17, 15) is 9.59 Å². The van der Waals surface area contributed by atoms with Crippen LogP contribution in [0.3, 0.4) is 0 Å². The van der Waals surface area contributed by atoms with E-state index in [0.29, 0.717) is 30.4 Å². The van der Waals surface area contributed by atoms with Gasteiger partial charge >= 0.3 is 6.03 Å². The van der Waals surface area contributed by atoms with Gasteiger partial charge in [0.1, 0.15) is 0 Å². The summed E-state index contributed by atoms with van der Waals surface area (Å²) in [5.74, 6) is -0.416. The first-order valence-corrected chi connectivity index (χ1v) is 12.8. The Hall–Kier alpha value is -2.45. The average Bonchev–Trinajstić information content (AvgIpc) is 3.29. The van der Waals surface area contributed by atoms with Crippen molar-refractivity contribution in [3.8, 4) is 0 Å². The highest BCUT2D eigenvalue weighted by Gasteiger charge is 2.29. The molecule has 3 heterocycles. The summed E-state index contributed by atoms with van der Waals surface area (Å²) >= 11 is 1.67. The van der Waals surface area contributed by atoms with Crippen molar-refractivity contribution in [3.05, 3.63) is 51.0 Å². The summed E-state index contributed by atoms with van der Waals surface area (Å²) in [6.07, 6.45) is 3.83. The SMILES string of the molecule is CCNC(=O)N(Cc1ccsc1)C1CCN([C@H](C)CCc2cc(C)c(C(N)=O)c(C)n2)CC1. The molecular weight excluding hydrogens is 434 g/mol. The number of hydrogen-bond acceptors (Lipinski definition) is 5. The van der Waals surface area contributed by atoms with E-state index in [1.54, 1.807) is 11.3 Å². The molecule has 8 heteroatoms. The van der Waals surface area contributed by atoms with Crippen LogP contribution in [0.2, 0.25) is 0 Å². The van der Waals surface area contributed by atoms with Crippen molar-refractivity contribution in [2.24, 2.45) is 5.73 Å². The minimum absolute atomic E-state index is 0.0337. The van der Waals surface area contributed by atoms with Gasteiger partial charge in [0.2, 0.25) is 0 Å². The van der Waals surface area contributed by atoms with Crippen LogP contribution in [0.4, 0.5) is 4.79 Å². The van der Waals surface area contributed by atoms with Gasteiger partial charge in [-0.2, -0.15) is 11.3 Å². The van der Waals surface area contributed by atoms with Gasteiger partial charge < -0.3 is 20.9 Å². The average molecular weight is 472 g/mol. The molecule has 3 amide bonds. The number of pyridine rings is 1. The Bertz CT molecular complexity index is 915. The van der Waals surface area contributed by atoms with E-state index in [4.69, 9.17) is 5.73 Å². The van der Waals surface area contributed by atoms with E-state index in [1.165, 1.54) is 5.56 Å². The molecule has 1 atom stereocenters. The maximum absolute atomic E-state index is 12.7. The number of hydrogen-bond donors (Lipinski definition) is 2. The number of amides is 3. The van der Waals surface area contributed by atoms with Crippen LogP contribution in [0.15, 0.2) is 22.9 Å². The largest absolute Gasteiger partial charge is 0.366 e. The molecule has 180 valence electrons. The zero-order valence-corrected chi connectivity index (χ0v) is 21.1. The van der Waals surface area contributed by atoms with Crippen LogP contribution in [-0.4, -0.2) is 58.4 Å². The second-order valence-corrected chi connectivity index (χ2v) is 9.79. The fraction of sp³-hybridized carbons (Fsp3) is 0.560. The Morgan fingerprint density at radius 1 is 1.33 bits per heavy atom. The summed E-state index contributed by atoms with van der Waals surface area (Å²) in [4.78, 5) is 33.5. The zero-order chi connectivity index (χ0) is 24.0. The molecule has 33 heavy (non-hydrogen) atoms. The van der Waals surface area contributed by atoms with Gasteiger partial charge in [0, 0.05) is 44.0 Å². The molecule has 1 saturated heterocycles. The van der Waals surface area contributed by atoms with Crippen LogP contribution in [0.25, 0.3) is 0 Å². The van der Waals surface area contributed by atoms with Gasteiger partial charge in [-0.05, 0) is 87.4 Å². The standard InChI is InChI=1S/C25H37N5O2S/c1-5-27-25(32)30(15-20-10-13-33-16-20)22-8-11-29(12-9-22)18(3)6-7-21-14-17(2)23(24(26)31)19(4)28-21/h10,13-14,16,18,22H,5-9,11-12,15H2,1-4H3,(H2,26,31)(H,27,32)/t18-/m1/s1. The summed E-state index contributed by atoms with van der Waals surface area (Å²) in [6, 6.07) is 4.81. The number of nitrogens with zero attached hydrogens (tertiary/aromatic N) is 3. The van der Waals surface area contributed by atoms with Gasteiger partial charge in [0.15, 0.2) is 0 Å². The summed E-state index contributed by atoms with van der Waals surface area (Å²) in [5, 5.41) is 7.17. The molecule has 0 aliphatic carbocycles. The predicted molar refractivity (Wildman–Crippen MR) is 134 cm³/mol. The molecule has 3 N–H and O–H groups in total. The molecule has 0 spiro atoms. The first-order valence-electron chi connectivity index (χ1n) is 11.9. The van der Waals surface area contributed by atoms with Gasteiger partial charge in [-0.15, -0.1) is 0 Å². The number of primary amides is 1. The summed E-state index contributed by atoms with van der Waals surface area (Å²) < 4.78 is 0. The van der Waals surface area contributed by atoms with Crippen LogP contribution >= 0.6 is 11.3 Å². The Morgan fingerprint density at radius 3 is 2.64 bits per heavy atom. The zero-order valence-electron chi connectivity index (χ0n) is 20.3. The number of aromatic nitrogens is 1. The normalized spacial score (nSPS) is 15.9. The van der Waals surface area contributed by atoms with Gasteiger partial charge in [0.05, 0.1) is 11.3 Å². The van der Waals surface area contributed by atoms with Crippen LogP contribution < -0.4 is 11.1 Å².